The minimum absolute atomic E-state index is 0.0329. The van der Waals surface area contributed by atoms with Crippen molar-refractivity contribution < 1.29 is 19.4 Å². The molecule has 2 aliphatic rings. The van der Waals surface area contributed by atoms with E-state index >= 15 is 0 Å². The Balaban J connectivity index is 1.51. The lowest BCUT2D eigenvalue weighted by Gasteiger charge is -2.33. The zero-order chi connectivity index (χ0) is 21.1. The topological polar surface area (TPSA) is 91.8 Å². The molecule has 2 amide bonds. The second kappa shape index (κ2) is 8.44. The van der Waals surface area contributed by atoms with Crippen molar-refractivity contribution >= 4 is 11.8 Å². The maximum Gasteiger partial charge on any atom is 0.254 e. The van der Waals surface area contributed by atoms with E-state index in [-0.39, 0.29) is 29.0 Å². The van der Waals surface area contributed by atoms with Crippen LogP contribution in [-0.4, -0.2) is 59.1 Å². The van der Waals surface area contributed by atoms with Crippen LogP contribution in [0.15, 0.2) is 42.7 Å². The van der Waals surface area contributed by atoms with Crippen LogP contribution in [0, 0.1) is 12.3 Å². The van der Waals surface area contributed by atoms with Crippen LogP contribution in [0.4, 0.5) is 0 Å². The van der Waals surface area contributed by atoms with Gasteiger partial charge in [-0.25, -0.2) is 0 Å². The number of phenols is 1. The van der Waals surface area contributed by atoms with Gasteiger partial charge in [0, 0.05) is 50.3 Å². The molecule has 30 heavy (non-hydrogen) atoms. The molecule has 7 heteroatoms. The van der Waals surface area contributed by atoms with Crippen LogP contribution in [0.3, 0.4) is 0 Å². The summed E-state index contributed by atoms with van der Waals surface area (Å²) in [5.74, 6) is -0.129. The first kappa shape index (κ1) is 20.3. The molecule has 158 valence electrons. The number of ether oxygens (including phenoxy) is 1. The summed E-state index contributed by atoms with van der Waals surface area (Å²) in [6.45, 7) is 4.35. The lowest BCUT2D eigenvalue weighted by molar-refractivity contribution is 0.0190. The molecule has 1 spiro atoms. The van der Waals surface area contributed by atoms with Crippen molar-refractivity contribution in [3.63, 3.8) is 0 Å². The van der Waals surface area contributed by atoms with Gasteiger partial charge in [0.05, 0.1) is 5.56 Å². The average Bonchev–Trinajstić information content (AvgIpc) is 3.10. The molecule has 1 atom stereocenters. The number of carbonyl (C=O) groups is 2. The van der Waals surface area contributed by atoms with Gasteiger partial charge in [-0.3, -0.25) is 14.6 Å². The normalized spacial score (nSPS) is 20.3. The van der Waals surface area contributed by atoms with Gasteiger partial charge in [0.1, 0.15) is 5.75 Å². The fourth-order valence-electron chi connectivity index (χ4n) is 4.51. The van der Waals surface area contributed by atoms with E-state index < -0.39 is 0 Å². The quantitative estimate of drug-likeness (QED) is 0.810. The summed E-state index contributed by atoms with van der Waals surface area (Å²) < 4.78 is 5.54. The molecule has 0 radical (unpaired) electrons. The van der Waals surface area contributed by atoms with Crippen molar-refractivity contribution in [2.45, 2.75) is 32.2 Å². The number of amides is 2. The fourth-order valence-corrected chi connectivity index (χ4v) is 4.51. The number of aromatic hydroxyl groups is 1. The van der Waals surface area contributed by atoms with Gasteiger partial charge in [-0.2, -0.15) is 0 Å². The zero-order valence-corrected chi connectivity index (χ0v) is 17.1. The Morgan fingerprint density at radius 3 is 2.63 bits per heavy atom. The number of nitrogens with zero attached hydrogens (tertiary/aromatic N) is 2. The number of hydrogen-bond donors (Lipinski definition) is 2. The number of rotatable bonds is 4. The Kier molecular flexibility index (Phi) is 5.72. The van der Waals surface area contributed by atoms with E-state index in [4.69, 9.17) is 4.74 Å². The summed E-state index contributed by atoms with van der Waals surface area (Å²) in [4.78, 5) is 31.8. The summed E-state index contributed by atoms with van der Waals surface area (Å²) in [7, 11) is 0. The second-order valence-corrected chi connectivity index (χ2v) is 8.41. The van der Waals surface area contributed by atoms with Gasteiger partial charge in [-0.15, -0.1) is 0 Å². The average molecular weight is 409 g/mol. The minimum Gasteiger partial charge on any atom is -0.508 e. The smallest absolute Gasteiger partial charge is 0.254 e. The molecular weight excluding hydrogens is 382 g/mol. The highest BCUT2D eigenvalue weighted by molar-refractivity contribution is 5.95. The van der Waals surface area contributed by atoms with Crippen LogP contribution >= 0.6 is 0 Å². The van der Waals surface area contributed by atoms with Gasteiger partial charge < -0.3 is 20.1 Å². The van der Waals surface area contributed by atoms with Crippen molar-refractivity contribution in [2.24, 2.45) is 5.41 Å². The fraction of sp³-hybridized carbons (Fsp3) is 0.435. The van der Waals surface area contributed by atoms with Gasteiger partial charge in [0.2, 0.25) is 0 Å². The van der Waals surface area contributed by atoms with Gasteiger partial charge in [0.15, 0.2) is 0 Å². The number of phenolic OH excluding ortho intramolecular Hbond substituents is 1. The van der Waals surface area contributed by atoms with Gasteiger partial charge in [-0.05, 0) is 67.5 Å². The molecular formula is C23H27N3O4. The molecule has 0 aliphatic carbocycles. The highest BCUT2D eigenvalue weighted by Crippen LogP contribution is 2.43. The highest BCUT2D eigenvalue weighted by atomic mass is 16.5. The van der Waals surface area contributed by atoms with Crippen LogP contribution in [0.5, 0.6) is 5.75 Å². The van der Waals surface area contributed by atoms with E-state index in [1.54, 1.807) is 30.6 Å². The predicted molar refractivity (Wildman–Crippen MR) is 111 cm³/mol. The van der Waals surface area contributed by atoms with E-state index in [1.807, 2.05) is 11.8 Å². The van der Waals surface area contributed by atoms with Crippen molar-refractivity contribution in [1.82, 2.24) is 15.2 Å². The van der Waals surface area contributed by atoms with Crippen molar-refractivity contribution in [1.29, 1.82) is 0 Å². The van der Waals surface area contributed by atoms with Crippen molar-refractivity contribution in [2.75, 3.05) is 26.3 Å². The second-order valence-electron chi connectivity index (χ2n) is 8.41. The molecule has 3 heterocycles. The van der Waals surface area contributed by atoms with Gasteiger partial charge >= 0.3 is 0 Å². The first-order valence-corrected chi connectivity index (χ1v) is 10.3. The molecule has 1 aromatic carbocycles. The van der Waals surface area contributed by atoms with Gasteiger partial charge in [0.25, 0.3) is 11.8 Å². The van der Waals surface area contributed by atoms with Crippen LogP contribution in [0.25, 0.3) is 0 Å². The molecule has 4 rings (SSSR count). The molecule has 2 saturated heterocycles. The molecule has 2 fully saturated rings. The minimum atomic E-state index is -0.184. The maximum atomic E-state index is 13.2. The van der Waals surface area contributed by atoms with E-state index in [0.29, 0.717) is 37.4 Å². The number of nitrogens with one attached hydrogen (secondary N) is 1. The number of hydrogen-bond acceptors (Lipinski definition) is 5. The number of pyridine rings is 1. The Morgan fingerprint density at radius 2 is 1.93 bits per heavy atom. The first-order chi connectivity index (χ1) is 14.5. The summed E-state index contributed by atoms with van der Waals surface area (Å²) in [6, 6.07) is 8.04. The van der Waals surface area contributed by atoms with Crippen LogP contribution in [0.2, 0.25) is 0 Å². The van der Waals surface area contributed by atoms with E-state index in [9.17, 15) is 14.7 Å². The zero-order valence-electron chi connectivity index (χ0n) is 17.1. The number of likely N-dealkylation sites (tertiary alicyclic amines) is 1. The summed E-state index contributed by atoms with van der Waals surface area (Å²) in [6.07, 6.45) is 5.93. The van der Waals surface area contributed by atoms with Crippen LogP contribution in [0.1, 0.15) is 45.5 Å². The van der Waals surface area contributed by atoms with Crippen LogP contribution in [-0.2, 0) is 4.74 Å². The highest BCUT2D eigenvalue weighted by Gasteiger charge is 2.46. The van der Waals surface area contributed by atoms with Crippen LogP contribution < -0.4 is 5.32 Å². The third-order valence-electron chi connectivity index (χ3n) is 6.18. The molecule has 1 unspecified atom stereocenters. The lowest BCUT2D eigenvalue weighted by Crippen LogP contribution is -2.43. The number of aryl methyl sites for hydroxylation is 1. The van der Waals surface area contributed by atoms with E-state index in [1.165, 1.54) is 12.1 Å². The number of aromatic nitrogens is 1. The van der Waals surface area contributed by atoms with Crippen molar-refractivity contribution in [3.05, 3.63) is 59.4 Å². The maximum absolute atomic E-state index is 13.2. The molecule has 2 N–H and O–H groups in total. The third-order valence-corrected chi connectivity index (χ3v) is 6.18. The summed E-state index contributed by atoms with van der Waals surface area (Å²) in [5, 5.41) is 12.5. The summed E-state index contributed by atoms with van der Waals surface area (Å²) >= 11 is 0. The summed E-state index contributed by atoms with van der Waals surface area (Å²) in [5.41, 5.74) is 2.01. The standard InChI is InChI=1S/C23H27N3O4/c1-16-10-18(13-24-12-16)21(28)25-14-19-11-23(6-8-30-9-7-23)15-26(19)22(29)17-2-4-20(27)5-3-17/h2-5,10,12-13,19,27H,6-9,11,14-15H2,1H3,(H,25,28). The Bertz CT molecular complexity index is 922. The molecule has 7 nitrogen and oxygen atoms in total. The molecule has 0 saturated carbocycles. The largest absolute Gasteiger partial charge is 0.508 e. The SMILES string of the molecule is Cc1cncc(C(=O)NCC2CC3(CCOCC3)CN2C(=O)c2ccc(O)cc2)c1. The Morgan fingerprint density at radius 1 is 1.20 bits per heavy atom. The van der Waals surface area contributed by atoms with Crippen molar-refractivity contribution in [3.8, 4) is 5.75 Å². The van der Waals surface area contributed by atoms with E-state index in [0.717, 1.165) is 24.8 Å². The molecule has 2 aromatic rings. The molecule has 2 aliphatic heterocycles. The van der Waals surface area contributed by atoms with Gasteiger partial charge in [-0.1, -0.05) is 0 Å². The molecule has 1 aromatic heterocycles. The first-order valence-electron chi connectivity index (χ1n) is 10.3. The number of benzene rings is 1. The monoisotopic (exact) mass is 409 g/mol. The molecule has 0 bridgehead atoms. The predicted octanol–water partition coefficient (Wildman–Crippen LogP) is 2.54. The Labute approximate surface area is 176 Å². The third kappa shape index (κ3) is 4.31. The Hall–Kier alpha value is -2.93. The lowest BCUT2D eigenvalue weighted by atomic mass is 9.78. The number of carbonyl (C=O) groups excluding carboxylic acids is 2. The van der Waals surface area contributed by atoms with E-state index in [2.05, 4.69) is 10.3 Å².